The van der Waals surface area contributed by atoms with Gasteiger partial charge in [-0.3, -0.25) is 4.79 Å². The van der Waals surface area contributed by atoms with Crippen LogP contribution in [0.4, 0.5) is 10.1 Å². The fraction of sp³-hybridized carbons (Fsp3) is 0.364. The first-order valence-electron chi connectivity index (χ1n) is 4.97. The summed E-state index contributed by atoms with van der Waals surface area (Å²) in [5.74, 6) is -0.549. The number of benzene rings is 1. The molecule has 1 amide bonds. The number of carbonyl (C=O) groups excluding carboxylic acids is 1. The molecule has 0 unspecified atom stereocenters. The van der Waals surface area contributed by atoms with Crippen molar-refractivity contribution in [3.8, 4) is 0 Å². The van der Waals surface area contributed by atoms with E-state index in [1.807, 2.05) is 6.92 Å². The Morgan fingerprint density at radius 2 is 2.33 bits per heavy atom. The Morgan fingerprint density at radius 3 is 2.87 bits per heavy atom. The number of halogens is 1. The van der Waals surface area contributed by atoms with Gasteiger partial charge in [-0.2, -0.15) is 0 Å². The van der Waals surface area contributed by atoms with Crippen molar-refractivity contribution in [2.24, 2.45) is 0 Å². The van der Waals surface area contributed by atoms with Crippen LogP contribution in [0.3, 0.4) is 0 Å². The summed E-state index contributed by atoms with van der Waals surface area (Å²) in [5, 5.41) is 5.52. The highest BCUT2D eigenvalue weighted by Crippen LogP contribution is 2.16. The first-order chi connectivity index (χ1) is 7.16. The number of carbonyl (C=O) groups is 1. The lowest BCUT2D eigenvalue weighted by Crippen LogP contribution is -2.50. The first kappa shape index (κ1) is 10.1. The quantitative estimate of drug-likeness (QED) is 0.772. The largest absolute Gasteiger partial charge is 0.322 e. The molecular formula is C11H13FN2O. The molecule has 0 aliphatic carbocycles. The zero-order valence-corrected chi connectivity index (χ0v) is 8.51. The maximum Gasteiger partial charge on any atom is 0.241 e. The van der Waals surface area contributed by atoms with Gasteiger partial charge in [0, 0.05) is 0 Å². The molecule has 1 aliphatic rings. The van der Waals surface area contributed by atoms with E-state index < -0.39 is 0 Å². The molecule has 2 rings (SSSR count). The molecule has 3 nitrogen and oxygen atoms in total. The van der Waals surface area contributed by atoms with Crippen LogP contribution in [-0.2, 0) is 4.79 Å². The molecule has 1 aromatic rings. The van der Waals surface area contributed by atoms with Crippen LogP contribution in [0.5, 0.6) is 0 Å². The molecule has 0 bridgehead atoms. The lowest BCUT2D eigenvalue weighted by molar-refractivity contribution is -0.119. The van der Waals surface area contributed by atoms with Crippen molar-refractivity contribution in [1.82, 2.24) is 5.32 Å². The van der Waals surface area contributed by atoms with Crippen LogP contribution in [-0.4, -0.2) is 18.5 Å². The van der Waals surface area contributed by atoms with E-state index >= 15 is 0 Å². The summed E-state index contributed by atoms with van der Waals surface area (Å²) in [6.07, 6.45) is 0.819. The van der Waals surface area contributed by atoms with Crippen molar-refractivity contribution < 1.29 is 9.18 Å². The van der Waals surface area contributed by atoms with Crippen LogP contribution in [0.1, 0.15) is 12.0 Å². The van der Waals surface area contributed by atoms with Gasteiger partial charge in [0.1, 0.15) is 5.82 Å². The number of amides is 1. The van der Waals surface area contributed by atoms with E-state index in [-0.39, 0.29) is 23.5 Å². The molecule has 0 saturated carbocycles. The molecule has 4 heteroatoms. The summed E-state index contributed by atoms with van der Waals surface area (Å²) in [7, 11) is 0. The van der Waals surface area contributed by atoms with E-state index in [0.29, 0.717) is 0 Å². The van der Waals surface area contributed by atoms with Crippen molar-refractivity contribution in [3.63, 3.8) is 0 Å². The molecule has 1 aromatic carbocycles. The average Bonchev–Trinajstić information content (AvgIpc) is 2.07. The fourth-order valence-electron chi connectivity index (χ4n) is 1.45. The minimum atomic E-state index is -0.386. The summed E-state index contributed by atoms with van der Waals surface area (Å²) >= 11 is 0. The van der Waals surface area contributed by atoms with Crippen molar-refractivity contribution in [3.05, 3.63) is 29.6 Å². The minimum absolute atomic E-state index is 0.161. The van der Waals surface area contributed by atoms with Crippen molar-refractivity contribution in [2.75, 3.05) is 11.9 Å². The van der Waals surface area contributed by atoms with Gasteiger partial charge < -0.3 is 10.6 Å². The molecule has 0 radical (unpaired) electrons. The molecule has 80 valence electrons. The van der Waals surface area contributed by atoms with Gasteiger partial charge in [-0.25, -0.2) is 4.39 Å². The lowest BCUT2D eigenvalue weighted by Gasteiger charge is -2.26. The number of hydrogen-bond donors (Lipinski definition) is 2. The summed E-state index contributed by atoms with van der Waals surface area (Å²) < 4.78 is 13.4. The van der Waals surface area contributed by atoms with Crippen molar-refractivity contribution in [1.29, 1.82) is 0 Å². The maximum atomic E-state index is 13.4. The number of aryl methyl sites for hydroxylation is 1. The highest BCUT2D eigenvalue weighted by atomic mass is 19.1. The van der Waals surface area contributed by atoms with Gasteiger partial charge in [0.2, 0.25) is 5.91 Å². The van der Waals surface area contributed by atoms with Gasteiger partial charge >= 0.3 is 0 Å². The first-order valence-corrected chi connectivity index (χ1v) is 4.97. The van der Waals surface area contributed by atoms with E-state index in [1.54, 1.807) is 12.1 Å². The van der Waals surface area contributed by atoms with Crippen LogP contribution in [0.2, 0.25) is 0 Å². The molecular weight excluding hydrogens is 195 g/mol. The van der Waals surface area contributed by atoms with E-state index in [9.17, 15) is 9.18 Å². The van der Waals surface area contributed by atoms with E-state index in [2.05, 4.69) is 10.6 Å². The number of nitrogens with one attached hydrogen (secondary N) is 2. The third kappa shape index (κ3) is 2.15. The van der Waals surface area contributed by atoms with E-state index in [4.69, 9.17) is 0 Å². The molecule has 0 spiro atoms. The highest BCUT2D eigenvalue weighted by Gasteiger charge is 2.24. The molecule has 1 saturated heterocycles. The maximum absolute atomic E-state index is 13.4. The molecule has 15 heavy (non-hydrogen) atoms. The van der Waals surface area contributed by atoms with Crippen molar-refractivity contribution in [2.45, 2.75) is 19.4 Å². The molecule has 1 heterocycles. The van der Waals surface area contributed by atoms with Gasteiger partial charge in [-0.1, -0.05) is 6.07 Å². The molecule has 0 aromatic heterocycles. The summed E-state index contributed by atoms with van der Waals surface area (Å²) in [6.45, 7) is 2.66. The molecule has 1 atom stereocenters. The van der Waals surface area contributed by atoms with Crippen LogP contribution >= 0.6 is 0 Å². The Kier molecular flexibility index (Phi) is 2.68. The van der Waals surface area contributed by atoms with E-state index in [1.165, 1.54) is 6.07 Å². The molecule has 2 N–H and O–H groups in total. The van der Waals surface area contributed by atoms with Gasteiger partial charge in [0.15, 0.2) is 0 Å². The second kappa shape index (κ2) is 3.98. The van der Waals surface area contributed by atoms with Gasteiger partial charge in [-0.05, 0) is 37.6 Å². The zero-order chi connectivity index (χ0) is 10.8. The Bertz CT molecular complexity index is 388. The smallest absolute Gasteiger partial charge is 0.241 e. The standard InChI is InChI=1S/C11H13FN2O/c1-7-2-3-9(8(12)6-7)14-11(15)10-4-5-13-10/h2-3,6,10,13H,4-5H2,1H3,(H,14,15)/t10-/m1/s1. The van der Waals surface area contributed by atoms with Crippen molar-refractivity contribution >= 4 is 11.6 Å². The average molecular weight is 208 g/mol. The Hall–Kier alpha value is -1.42. The number of anilines is 1. The Balaban J connectivity index is 2.06. The fourth-order valence-corrected chi connectivity index (χ4v) is 1.45. The third-order valence-electron chi connectivity index (χ3n) is 2.52. The Morgan fingerprint density at radius 1 is 1.60 bits per heavy atom. The monoisotopic (exact) mass is 208 g/mol. The van der Waals surface area contributed by atoms with E-state index in [0.717, 1.165) is 18.5 Å². The second-order valence-electron chi connectivity index (χ2n) is 3.77. The van der Waals surface area contributed by atoms with Crippen LogP contribution in [0.15, 0.2) is 18.2 Å². The predicted octanol–water partition coefficient (Wildman–Crippen LogP) is 1.43. The second-order valence-corrected chi connectivity index (χ2v) is 3.77. The Labute approximate surface area is 87.7 Å². The van der Waals surface area contributed by atoms with Gasteiger partial charge in [0.05, 0.1) is 11.7 Å². The van der Waals surface area contributed by atoms with Crippen LogP contribution in [0, 0.1) is 12.7 Å². The summed E-state index contributed by atoms with van der Waals surface area (Å²) in [5.41, 5.74) is 1.09. The minimum Gasteiger partial charge on any atom is -0.322 e. The molecule has 1 fully saturated rings. The molecule has 1 aliphatic heterocycles. The van der Waals surface area contributed by atoms with Crippen LogP contribution < -0.4 is 10.6 Å². The number of hydrogen-bond acceptors (Lipinski definition) is 2. The SMILES string of the molecule is Cc1ccc(NC(=O)[C@H]2CCN2)c(F)c1. The lowest BCUT2D eigenvalue weighted by atomic mass is 10.1. The normalized spacial score (nSPS) is 19.5. The third-order valence-corrected chi connectivity index (χ3v) is 2.52. The topological polar surface area (TPSA) is 41.1 Å². The zero-order valence-electron chi connectivity index (χ0n) is 8.51. The van der Waals surface area contributed by atoms with Gasteiger partial charge in [0.25, 0.3) is 0 Å². The summed E-state index contributed by atoms with van der Waals surface area (Å²) in [6, 6.07) is 4.60. The van der Waals surface area contributed by atoms with Crippen LogP contribution in [0.25, 0.3) is 0 Å². The summed E-state index contributed by atoms with van der Waals surface area (Å²) in [4.78, 5) is 11.5. The predicted molar refractivity (Wildman–Crippen MR) is 56.2 cm³/mol. The number of rotatable bonds is 2. The highest BCUT2D eigenvalue weighted by molar-refractivity contribution is 5.95. The van der Waals surface area contributed by atoms with Gasteiger partial charge in [-0.15, -0.1) is 0 Å².